The molecule has 2 aromatic carbocycles. The van der Waals surface area contributed by atoms with Crippen molar-refractivity contribution in [1.82, 2.24) is 5.32 Å². The fraction of sp³-hybridized carbons (Fsp3) is 0.278. The van der Waals surface area contributed by atoms with Gasteiger partial charge in [0.1, 0.15) is 11.5 Å². The molecule has 2 aromatic rings. The number of amides is 1. The number of anilines is 1. The van der Waals surface area contributed by atoms with Crippen molar-refractivity contribution in [1.29, 1.82) is 0 Å². The van der Waals surface area contributed by atoms with Crippen LogP contribution < -0.4 is 15.4 Å². The molecular formula is C18H20N2O2. The third-order valence-corrected chi connectivity index (χ3v) is 3.51. The predicted molar refractivity (Wildman–Crippen MR) is 87.2 cm³/mol. The minimum Gasteiger partial charge on any atom is -0.457 e. The van der Waals surface area contributed by atoms with E-state index in [1.165, 1.54) is 12.8 Å². The molecular weight excluding hydrogens is 276 g/mol. The third kappa shape index (κ3) is 4.60. The lowest BCUT2D eigenvalue weighted by atomic mass is 10.3. The first kappa shape index (κ1) is 14.6. The van der Waals surface area contributed by atoms with E-state index >= 15 is 0 Å². The van der Waals surface area contributed by atoms with Gasteiger partial charge in [-0.1, -0.05) is 24.3 Å². The number of carbonyl (C=O) groups excluding carboxylic acids is 1. The molecule has 1 aliphatic rings. The summed E-state index contributed by atoms with van der Waals surface area (Å²) in [6.07, 6.45) is 2.57. The number of ether oxygens (including phenoxy) is 1. The van der Waals surface area contributed by atoms with E-state index in [0.717, 1.165) is 23.9 Å². The number of benzene rings is 2. The summed E-state index contributed by atoms with van der Waals surface area (Å²) >= 11 is 0. The van der Waals surface area contributed by atoms with Crippen LogP contribution in [0.2, 0.25) is 0 Å². The largest absolute Gasteiger partial charge is 0.457 e. The quantitative estimate of drug-likeness (QED) is 0.823. The SMILES string of the molecule is O=C(CNCC1CC1)Nc1cccc(Oc2ccccc2)c1. The van der Waals surface area contributed by atoms with Crippen LogP contribution >= 0.6 is 0 Å². The second-order valence-electron chi connectivity index (χ2n) is 5.57. The number of carbonyl (C=O) groups is 1. The maximum absolute atomic E-state index is 11.9. The Bertz CT molecular complexity index is 624. The Morgan fingerprint density at radius 1 is 1.05 bits per heavy atom. The smallest absolute Gasteiger partial charge is 0.238 e. The molecule has 1 fully saturated rings. The van der Waals surface area contributed by atoms with E-state index in [9.17, 15) is 4.79 Å². The average Bonchev–Trinajstić information content (AvgIpc) is 3.33. The van der Waals surface area contributed by atoms with Crippen molar-refractivity contribution >= 4 is 11.6 Å². The summed E-state index contributed by atoms with van der Waals surface area (Å²) in [5.74, 6) is 2.22. The highest BCUT2D eigenvalue weighted by molar-refractivity contribution is 5.92. The van der Waals surface area contributed by atoms with Gasteiger partial charge in [-0.2, -0.15) is 0 Å². The van der Waals surface area contributed by atoms with Crippen LogP contribution in [0.15, 0.2) is 54.6 Å². The fourth-order valence-electron chi connectivity index (χ4n) is 2.18. The van der Waals surface area contributed by atoms with Gasteiger partial charge in [0.15, 0.2) is 0 Å². The summed E-state index contributed by atoms with van der Waals surface area (Å²) in [4.78, 5) is 11.9. The molecule has 4 nitrogen and oxygen atoms in total. The lowest BCUT2D eigenvalue weighted by Gasteiger charge is -2.09. The first-order valence-corrected chi connectivity index (χ1v) is 7.63. The Labute approximate surface area is 130 Å². The van der Waals surface area contributed by atoms with Crippen molar-refractivity contribution in [2.75, 3.05) is 18.4 Å². The Hall–Kier alpha value is -2.33. The summed E-state index contributed by atoms with van der Waals surface area (Å²) < 4.78 is 5.75. The molecule has 0 radical (unpaired) electrons. The normalized spacial score (nSPS) is 13.6. The minimum atomic E-state index is -0.0301. The predicted octanol–water partition coefficient (Wildman–Crippen LogP) is 3.42. The maximum atomic E-state index is 11.9. The Kier molecular flexibility index (Phi) is 4.71. The van der Waals surface area contributed by atoms with Gasteiger partial charge in [-0.05, 0) is 49.6 Å². The zero-order valence-corrected chi connectivity index (χ0v) is 12.4. The van der Waals surface area contributed by atoms with Gasteiger partial charge in [-0.3, -0.25) is 4.79 Å². The Morgan fingerprint density at radius 3 is 2.59 bits per heavy atom. The topological polar surface area (TPSA) is 50.4 Å². The molecule has 1 amide bonds. The van der Waals surface area contributed by atoms with Crippen molar-refractivity contribution in [3.63, 3.8) is 0 Å². The zero-order valence-electron chi connectivity index (χ0n) is 12.4. The van der Waals surface area contributed by atoms with Crippen LogP contribution in [0.1, 0.15) is 12.8 Å². The molecule has 1 aliphatic carbocycles. The molecule has 0 saturated heterocycles. The first-order chi connectivity index (χ1) is 10.8. The van der Waals surface area contributed by atoms with Crippen LogP contribution in [0, 0.1) is 5.92 Å². The lowest BCUT2D eigenvalue weighted by Crippen LogP contribution is -2.29. The number of rotatable bonds is 7. The highest BCUT2D eigenvalue weighted by Crippen LogP contribution is 2.27. The number of hydrogen-bond acceptors (Lipinski definition) is 3. The van der Waals surface area contributed by atoms with E-state index in [1.54, 1.807) is 0 Å². The molecule has 3 rings (SSSR count). The van der Waals surface area contributed by atoms with Crippen molar-refractivity contribution in [3.05, 3.63) is 54.6 Å². The monoisotopic (exact) mass is 296 g/mol. The summed E-state index contributed by atoms with van der Waals surface area (Å²) in [6, 6.07) is 17.0. The second-order valence-corrected chi connectivity index (χ2v) is 5.57. The second kappa shape index (κ2) is 7.09. The summed E-state index contributed by atoms with van der Waals surface area (Å²) in [6.45, 7) is 1.28. The van der Waals surface area contributed by atoms with Gasteiger partial charge in [0.25, 0.3) is 0 Å². The van der Waals surface area contributed by atoms with Crippen LogP contribution in [-0.2, 0) is 4.79 Å². The number of para-hydroxylation sites is 1. The number of nitrogens with one attached hydrogen (secondary N) is 2. The summed E-state index contributed by atoms with van der Waals surface area (Å²) in [5, 5.41) is 6.06. The molecule has 1 saturated carbocycles. The van der Waals surface area contributed by atoms with E-state index in [-0.39, 0.29) is 5.91 Å². The van der Waals surface area contributed by atoms with Crippen LogP contribution in [0.3, 0.4) is 0 Å². The summed E-state index contributed by atoms with van der Waals surface area (Å²) in [5.41, 5.74) is 0.742. The standard InChI is InChI=1S/C18H20N2O2/c21-18(13-19-12-14-9-10-14)20-15-5-4-8-17(11-15)22-16-6-2-1-3-7-16/h1-8,11,14,19H,9-10,12-13H2,(H,20,21). The van der Waals surface area contributed by atoms with Gasteiger partial charge in [-0.25, -0.2) is 0 Å². The molecule has 0 aromatic heterocycles. The molecule has 0 spiro atoms. The van der Waals surface area contributed by atoms with Gasteiger partial charge >= 0.3 is 0 Å². The van der Waals surface area contributed by atoms with E-state index in [4.69, 9.17) is 4.74 Å². The first-order valence-electron chi connectivity index (χ1n) is 7.63. The zero-order chi connectivity index (χ0) is 15.2. The fourth-order valence-corrected chi connectivity index (χ4v) is 2.18. The van der Waals surface area contributed by atoms with Crippen molar-refractivity contribution in [3.8, 4) is 11.5 Å². The highest BCUT2D eigenvalue weighted by Gasteiger charge is 2.20. The summed E-state index contributed by atoms with van der Waals surface area (Å²) in [7, 11) is 0. The highest BCUT2D eigenvalue weighted by atomic mass is 16.5. The van der Waals surface area contributed by atoms with Crippen molar-refractivity contribution < 1.29 is 9.53 Å². The van der Waals surface area contributed by atoms with Crippen LogP contribution in [0.4, 0.5) is 5.69 Å². The number of hydrogen-bond donors (Lipinski definition) is 2. The van der Waals surface area contributed by atoms with E-state index in [0.29, 0.717) is 12.3 Å². The van der Waals surface area contributed by atoms with Gasteiger partial charge < -0.3 is 15.4 Å². The van der Waals surface area contributed by atoms with Crippen molar-refractivity contribution in [2.24, 2.45) is 5.92 Å². The lowest BCUT2D eigenvalue weighted by molar-refractivity contribution is -0.115. The Balaban J connectivity index is 1.52. The van der Waals surface area contributed by atoms with Gasteiger partial charge in [0, 0.05) is 11.8 Å². The average molecular weight is 296 g/mol. The third-order valence-electron chi connectivity index (χ3n) is 3.51. The van der Waals surface area contributed by atoms with E-state index in [2.05, 4.69) is 10.6 Å². The van der Waals surface area contributed by atoms with Crippen LogP contribution in [0.5, 0.6) is 11.5 Å². The van der Waals surface area contributed by atoms with E-state index in [1.807, 2.05) is 54.6 Å². The molecule has 0 atom stereocenters. The molecule has 0 aliphatic heterocycles. The molecule has 0 bridgehead atoms. The molecule has 2 N–H and O–H groups in total. The molecule has 0 unspecified atom stereocenters. The van der Waals surface area contributed by atoms with Gasteiger partial charge in [0.2, 0.25) is 5.91 Å². The molecule has 0 heterocycles. The van der Waals surface area contributed by atoms with Gasteiger partial charge in [-0.15, -0.1) is 0 Å². The molecule has 22 heavy (non-hydrogen) atoms. The van der Waals surface area contributed by atoms with Crippen molar-refractivity contribution in [2.45, 2.75) is 12.8 Å². The maximum Gasteiger partial charge on any atom is 0.238 e. The Morgan fingerprint density at radius 2 is 1.82 bits per heavy atom. The van der Waals surface area contributed by atoms with Gasteiger partial charge in [0.05, 0.1) is 6.54 Å². The van der Waals surface area contributed by atoms with Crippen LogP contribution in [0.25, 0.3) is 0 Å². The molecule has 4 heteroatoms. The van der Waals surface area contributed by atoms with Crippen LogP contribution in [-0.4, -0.2) is 19.0 Å². The molecule has 114 valence electrons. The van der Waals surface area contributed by atoms with E-state index < -0.39 is 0 Å². The minimum absolute atomic E-state index is 0.0301.